The summed E-state index contributed by atoms with van der Waals surface area (Å²) in [6, 6.07) is 0. The Balaban J connectivity index is 1.67. The number of rotatable bonds is 0. The van der Waals surface area contributed by atoms with Gasteiger partial charge < -0.3 is 49.4 Å². The van der Waals surface area contributed by atoms with Gasteiger partial charge in [-0.1, -0.05) is 0 Å². The van der Waals surface area contributed by atoms with E-state index in [9.17, 15) is 0 Å². The van der Waals surface area contributed by atoms with Crippen molar-refractivity contribution in [3.05, 3.63) is 0 Å². The van der Waals surface area contributed by atoms with Crippen LogP contribution in [-0.4, -0.2) is 73.3 Å². The van der Waals surface area contributed by atoms with Gasteiger partial charge in [-0.25, -0.2) is 0 Å². The van der Waals surface area contributed by atoms with Crippen LogP contribution in [0.1, 0.15) is 0 Å². The highest BCUT2D eigenvalue weighted by molar-refractivity contribution is 6.93. The molecule has 12 nitrogen and oxygen atoms in total. The van der Waals surface area contributed by atoms with Crippen molar-refractivity contribution in [1.29, 1.82) is 0 Å². The second-order valence-electron chi connectivity index (χ2n) is 6.02. The molecule has 0 N–H and O–H groups in total. The van der Waals surface area contributed by atoms with Crippen LogP contribution in [0.15, 0.2) is 0 Å². The molecule has 0 aromatic rings. The third-order valence-corrected chi connectivity index (χ3v) is 33.5. The Labute approximate surface area is 149 Å². The summed E-state index contributed by atoms with van der Waals surface area (Å²) < 4.78 is 72.5. The van der Waals surface area contributed by atoms with E-state index >= 15 is 0 Å². The van der Waals surface area contributed by atoms with Gasteiger partial charge in [0.2, 0.25) is 0 Å². The quantitative estimate of drug-likeness (QED) is 0.339. The van der Waals surface area contributed by atoms with Crippen LogP contribution in [0.25, 0.3) is 0 Å². The Hall–Kier alpha value is 1.26. The SMILES string of the molecule is C[Si]12O[SiH]3O[Si]4(C)O[SiH](O1)O[Si]1(C)O[SiH](O2)O[Si](C)(O3)O[SiH](O4)O1. The molecule has 6 saturated heterocycles. The molecule has 0 atom stereocenters. The van der Waals surface area contributed by atoms with Crippen LogP contribution in [0, 0.1) is 0 Å². The van der Waals surface area contributed by atoms with Gasteiger partial charge in [-0.05, 0) is 0 Å². The first-order valence-electron chi connectivity index (χ1n) is 7.28. The smallest absolute Gasteiger partial charge is 0.376 e. The summed E-state index contributed by atoms with van der Waals surface area (Å²) in [5.74, 6) is 0. The van der Waals surface area contributed by atoms with E-state index < -0.39 is 73.3 Å². The Bertz CT molecular complexity index is 399. The molecule has 6 fully saturated rings. The molecule has 0 spiro atoms. The second-order valence-corrected chi connectivity index (χ2v) is 26.5. The Morgan fingerprint density at radius 3 is 0.583 bits per heavy atom. The third-order valence-electron chi connectivity index (χ3n) is 3.72. The van der Waals surface area contributed by atoms with Crippen molar-refractivity contribution in [2.24, 2.45) is 0 Å². The molecule has 0 amide bonds. The monoisotopic (exact) mass is 480 g/mol. The molecular formula is C4H16O12Si8. The van der Waals surface area contributed by atoms with Gasteiger partial charge in [0.1, 0.15) is 0 Å². The van der Waals surface area contributed by atoms with Crippen LogP contribution in [0.4, 0.5) is 0 Å². The predicted octanol–water partition coefficient (Wildman–Crippen LogP) is -2.60. The van der Waals surface area contributed by atoms with Gasteiger partial charge in [0.15, 0.2) is 0 Å². The molecule has 6 aliphatic heterocycles. The van der Waals surface area contributed by atoms with Gasteiger partial charge in [0.05, 0.1) is 0 Å². The largest absolute Gasteiger partial charge is 0.475 e. The molecule has 24 heavy (non-hydrogen) atoms. The summed E-state index contributed by atoms with van der Waals surface area (Å²) in [5.41, 5.74) is 0. The summed E-state index contributed by atoms with van der Waals surface area (Å²) in [6.45, 7) is 6.93. The van der Waals surface area contributed by atoms with Crippen LogP contribution in [0.5, 0.6) is 0 Å². The lowest BCUT2D eigenvalue weighted by Gasteiger charge is -2.53. The van der Waals surface area contributed by atoms with E-state index in [2.05, 4.69) is 0 Å². The van der Waals surface area contributed by atoms with Gasteiger partial charge in [-0.3, -0.25) is 0 Å². The van der Waals surface area contributed by atoms with Crippen molar-refractivity contribution in [2.45, 2.75) is 26.2 Å². The fourth-order valence-corrected chi connectivity index (χ4v) is 35.7. The highest BCUT2D eigenvalue weighted by Gasteiger charge is 2.67. The lowest BCUT2D eigenvalue weighted by atomic mass is 11.9. The van der Waals surface area contributed by atoms with E-state index in [0.29, 0.717) is 0 Å². The molecule has 6 heterocycles. The van der Waals surface area contributed by atoms with E-state index in [0.717, 1.165) is 0 Å². The maximum absolute atomic E-state index is 6.04. The van der Waals surface area contributed by atoms with Crippen molar-refractivity contribution >= 4 is 73.3 Å². The average molecular weight is 481 g/mol. The first-order chi connectivity index (χ1) is 11.1. The molecule has 20 heteroatoms. The minimum Gasteiger partial charge on any atom is -0.376 e. The van der Waals surface area contributed by atoms with Crippen molar-refractivity contribution < 1.29 is 49.4 Å². The molecule has 6 rings (SSSR count). The Kier molecular flexibility index (Phi) is 3.91. The minimum absolute atomic E-state index is 1.73. The number of hydrogen-bond donors (Lipinski definition) is 0. The van der Waals surface area contributed by atoms with Gasteiger partial charge in [-0.15, -0.1) is 0 Å². The summed E-state index contributed by atoms with van der Waals surface area (Å²) in [5, 5.41) is 0. The van der Waals surface area contributed by atoms with Gasteiger partial charge in [0.25, 0.3) is 0 Å². The second kappa shape index (κ2) is 5.41. The standard InChI is InChI=1S/C4H16O12Si8/c1-21-5-17-8-22(2)9-18(6-21)11-24(4)13-19(7-21)12-23(3,10-17)15-20(14-22)16-24/h17-20H,1-4H3. The molecule has 0 aromatic carbocycles. The average Bonchev–Trinajstić information content (AvgIpc) is 2.27. The molecule has 8 bridgehead atoms. The van der Waals surface area contributed by atoms with Crippen molar-refractivity contribution in [2.75, 3.05) is 0 Å². The fraction of sp³-hybridized carbons (Fsp3) is 1.00. The Morgan fingerprint density at radius 1 is 0.333 bits per heavy atom. The van der Waals surface area contributed by atoms with Gasteiger partial charge in [-0.2, -0.15) is 0 Å². The van der Waals surface area contributed by atoms with Crippen molar-refractivity contribution in [3.63, 3.8) is 0 Å². The molecule has 0 saturated carbocycles. The van der Waals surface area contributed by atoms with Crippen LogP contribution < -0.4 is 0 Å². The summed E-state index contributed by atoms with van der Waals surface area (Å²) in [7, 11) is -23.6. The van der Waals surface area contributed by atoms with E-state index in [1.54, 1.807) is 26.2 Å². The molecule has 136 valence electrons. The lowest BCUT2D eigenvalue weighted by molar-refractivity contribution is 0.0110. The number of hydrogen-bond acceptors (Lipinski definition) is 12. The van der Waals surface area contributed by atoms with Crippen molar-refractivity contribution in [3.8, 4) is 0 Å². The van der Waals surface area contributed by atoms with Gasteiger partial charge >= 0.3 is 73.3 Å². The molecule has 0 aromatic heterocycles. The third kappa shape index (κ3) is 3.07. The van der Waals surface area contributed by atoms with Crippen LogP contribution in [0.2, 0.25) is 26.2 Å². The fourth-order valence-electron chi connectivity index (χ4n) is 2.72. The highest BCUT2D eigenvalue weighted by atomic mass is 28.6. The first kappa shape index (κ1) is 17.4. The highest BCUT2D eigenvalue weighted by Crippen LogP contribution is 2.37. The summed E-state index contributed by atoms with van der Waals surface area (Å²) >= 11 is 0. The lowest BCUT2D eigenvalue weighted by Crippen LogP contribution is -2.77. The van der Waals surface area contributed by atoms with Crippen LogP contribution in [0.3, 0.4) is 0 Å². The molecule has 6 aliphatic rings. The van der Waals surface area contributed by atoms with E-state index in [1.807, 2.05) is 0 Å². The summed E-state index contributed by atoms with van der Waals surface area (Å²) in [4.78, 5) is 0. The Morgan fingerprint density at radius 2 is 0.458 bits per heavy atom. The topological polar surface area (TPSA) is 111 Å². The van der Waals surface area contributed by atoms with Gasteiger partial charge in [0, 0.05) is 26.2 Å². The minimum atomic E-state index is -3.16. The predicted molar refractivity (Wildman–Crippen MR) is 88.1 cm³/mol. The van der Waals surface area contributed by atoms with E-state index in [4.69, 9.17) is 49.4 Å². The molecule has 0 radical (unpaired) electrons. The zero-order chi connectivity index (χ0) is 16.8. The zero-order valence-corrected chi connectivity index (χ0v) is 21.8. The first-order valence-corrected chi connectivity index (χ1v) is 21.8. The molecular weight excluding hydrogens is 465 g/mol. The molecule has 0 unspecified atom stereocenters. The van der Waals surface area contributed by atoms with E-state index in [-0.39, 0.29) is 0 Å². The van der Waals surface area contributed by atoms with Crippen LogP contribution >= 0.6 is 0 Å². The maximum atomic E-state index is 6.04. The normalized spacial score (nSPS) is 62.5. The summed E-state index contributed by atoms with van der Waals surface area (Å²) in [6.07, 6.45) is 0. The zero-order valence-electron chi connectivity index (χ0n) is 13.2. The molecule has 0 aliphatic carbocycles. The van der Waals surface area contributed by atoms with Crippen LogP contribution in [-0.2, 0) is 49.4 Å². The maximum Gasteiger partial charge on any atom is 0.475 e. The van der Waals surface area contributed by atoms with E-state index in [1.165, 1.54) is 0 Å². The van der Waals surface area contributed by atoms with Crippen molar-refractivity contribution in [1.82, 2.24) is 0 Å².